The van der Waals surface area contributed by atoms with E-state index in [1.807, 2.05) is 56.3 Å². The van der Waals surface area contributed by atoms with E-state index in [0.29, 0.717) is 5.56 Å². The standard InChI is InChI=1S/C29H35ClN2O4S.Na.H/c1-27(2,3)18-28(4,5)20-15-22(29(6,7)19-11-9-8-10-12-19)26(33)25(16-20)32-31-24-17-21(37(34,35)36)13-14-23(24)30;;/h8-17,33H,18H2,1-7H3,(H,34,35,36);;/b32-31+;;. The Hall–Kier alpha value is -1.74. The number of benzene rings is 3. The average Bonchev–Trinajstić information content (AvgIpc) is 2.77. The van der Waals surface area contributed by atoms with Gasteiger partial charge in [-0.3, -0.25) is 4.55 Å². The van der Waals surface area contributed by atoms with Gasteiger partial charge in [-0.15, -0.1) is 10.2 Å². The second-order valence-corrected chi connectivity index (χ2v) is 13.6. The van der Waals surface area contributed by atoms with Crippen LogP contribution in [-0.2, 0) is 20.9 Å². The van der Waals surface area contributed by atoms with Crippen LogP contribution in [0.5, 0.6) is 5.75 Å². The van der Waals surface area contributed by atoms with Crippen molar-refractivity contribution in [2.24, 2.45) is 15.6 Å². The number of nitrogens with zero attached hydrogens (tertiary/aromatic N) is 2. The van der Waals surface area contributed by atoms with E-state index < -0.39 is 15.5 Å². The monoisotopic (exact) mass is 566 g/mol. The third-order valence-corrected chi connectivity index (χ3v) is 7.66. The first-order valence-corrected chi connectivity index (χ1v) is 13.9. The minimum absolute atomic E-state index is 0. The van der Waals surface area contributed by atoms with Crippen LogP contribution in [0.3, 0.4) is 0 Å². The van der Waals surface area contributed by atoms with Crippen molar-refractivity contribution in [3.8, 4) is 5.75 Å². The molecule has 6 nitrogen and oxygen atoms in total. The molecule has 0 amide bonds. The summed E-state index contributed by atoms with van der Waals surface area (Å²) >= 11 is 6.22. The molecular weight excluding hydrogens is 531 g/mol. The van der Waals surface area contributed by atoms with Crippen LogP contribution in [0.1, 0.15) is 71.6 Å². The van der Waals surface area contributed by atoms with Crippen molar-refractivity contribution in [1.29, 1.82) is 0 Å². The fraction of sp³-hybridized carbons (Fsp3) is 0.379. The Labute approximate surface area is 253 Å². The van der Waals surface area contributed by atoms with E-state index in [0.717, 1.165) is 23.6 Å². The number of hydrogen-bond donors (Lipinski definition) is 2. The molecule has 3 rings (SSSR count). The van der Waals surface area contributed by atoms with E-state index in [1.165, 1.54) is 12.1 Å². The number of aromatic hydroxyl groups is 1. The van der Waals surface area contributed by atoms with Gasteiger partial charge < -0.3 is 5.11 Å². The van der Waals surface area contributed by atoms with Gasteiger partial charge in [-0.05, 0) is 52.6 Å². The van der Waals surface area contributed by atoms with Crippen molar-refractivity contribution in [3.63, 3.8) is 0 Å². The molecule has 9 heteroatoms. The first-order valence-electron chi connectivity index (χ1n) is 12.0. The molecule has 0 unspecified atom stereocenters. The SMILES string of the molecule is CC(C)(C)CC(C)(C)c1cc(/N=N/c2cc(S(=O)(=O)O)ccc2Cl)c(O)c(C(C)(C)c2ccccc2)c1.[NaH]. The van der Waals surface area contributed by atoms with Gasteiger partial charge in [-0.2, -0.15) is 8.42 Å². The van der Waals surface area contributed by atoms with Crippen molar-refractivity contribution in [1.82, 2.24) is 0 Å². The van der Waals surface area contributed by atoms with Gasteiger partial charge in [0.2, 0.25) is 0 Å². The minimum atomic E-state index is -4.44. The molecule has 0 spiro atoms. The molecule has 0 aliphatic rings. The van der Waals surface area contributed by atoms with Gasteiger partial charge in [-0.1, -0.05) is 96.5 Å². The van der Waals surface area contributed by atoms with Crippen LogP contribution in [0, 0.1) is 5.41 Å². The zero-order valence-electron chi connectivity index (χ0n) is 22.4. The predicted molar refractivity (Wildman–Crippen MR) is 156 cm³/mol. The number of azo groups is 1. The number of phenols is 1. The molecule has 200 valence electrons. The molecule has 3 aromatic rings. The fourth-order valence-electron chi connectivity index (χ4n) is 4.84. The molecule has 0 aliphatic heterocycles. The Balaban J connectivity index is 0.00000507. The van der Waals surface area contributed by atoms with Gasteiger partial charge in [0.05, 0.1) is 9.92 Å². The summed E-state index contributed by atoms with van der Waals surface area (Å²) in [5.74, 6) is -0.0185. The summed E-state index contributed by atoms with van der Waals surface area (Å²) < 4.78 is 32.6. The van der Waals surface area contributed by atoms with Gasteiger partial charge in [0.1, 0.15) is 17.1 Å². The van der Waals surface area contributed by atoms with Crippen LogP contribution >= 0.6 is 11.6 Å². The average molecular weight is 567 g/mol. The molecule has 2 N–H and O–H groups in total. The summed E-state index contributed by atoms with van der Waals surface area (Å²) in [6.07, 6.45) is 0.884. The van der Waals surface area contributed by atoms with Crippen molar-refractivity contribution in [3.05, 3.63) is 82.4 Å². The number of phenolic OH excluding ortho intramolecular Hbond substituents is 1. The van der Waals surface area contributed by atoms with Gasteiger partial charge in [0.15, 0.2) is 0 Å². The summed E-state index contributed by atoms with van der Waals surface area (Å²) in [4.78, 5) is -0.346. The molecule has 0 bridgehead atoms. The molecule has 3 aromatic carbocycles. The molecule has 0 fully saturated rings. The van der Waals surface area contributed by atoms with E-state index in [2.05, 4.69) is 44.8 Å². The predicted octanol–water partition coefficient (Wildman–Crippen LogP) is 8.10. The van der Waals surface area contributed by atoms with Gasteiger partial charge in [0.25, 0.3) is 10.1 Å². The topological polar surface area (TPSA) is 99.3 Å². The van der Waals surface area contributed by atoms with E-state index >= 15 is 0 Å². The van der Waals surface area contributed by atoms with Crippen LogP contribution in [0.25, 0.3) is 0 Å². The maximum atomic E-state index is 11.6. The molecule has 0 aliphatic carbocycles. The Morgan fingerprint density at radius 1 is 0.816 bits per heavy atom. The fourth-order valence-corrected chi connectivity index (χ4v) is 5.49. The zero-order chi connectivity index (χ0) is 27.8. The summed E-state index contributed by atoms with van der Waals surface area (Å²) in [6.45, 7) is 15.0. The summed E-state index contributed by atoms with van der Waals surface area (Å²) in [5, 5.41) is 20.0. The molecule has 38 heavy (non-hydrogen) atoms. The van der Waals surface area contributed by atoms with Crippen molar-refractivity contribution < 1.29 is 18.1 Å². The van der Waals surface area contributed by atoms with Crippen molar-refractivity contribution in [2.45, 2.75) is 70.6 Å². The van der Waals surface area contributed by atoms with Gasteiger partial charge >= 0.3 is 29.6 Å². The molecule has 0 saturated carbocycles. The van der Waals surface area contributed by atoms with E-state index in [-0.39, 0.29) is 67.4 Å². The van der Waals surface area contributed by atoms with Gasteiger partial charge in [0, 0.05) is 11.0 Å². The number of hydrogen-bond acceptors (Lipinski definition) is 5. The van der Waals surface area contributed by atoms with Crippen LogP contribution in [0.15, 0.2) is 75.8 Å². The zero-order valence-corrected chi connectivity index (χ0v) is 23.9. The quantitative estimate of drug-likeness (QED) is 0.171. The van der Waals surface area contributed by atoms with Crippen LogP contribution in [-0.4, -0.2) is 47.6 Å². The van der Waals surface area contributed by atoms with Crippen LogP contribution in [0.2, 0.25) is 5.02 Å². The summed E-state index contributed by atoms with van der Waals surface area (Å²) in [6, 6.07) is 17.4. The maximum absolute atomic E-state index is 11.6. The molecule has 0 atom stereocenters. The second-order valence-electron chi connectivity index (χ2n) is 11.8. The Kier molecular flexibility index (Phi) is 10.1. The summed E-state index contributed by atoms with van der Waals surface area (Å²) in [7, 11) is -4.44. The van der Waals surface area contributed by atoms with Crippen LogP contribution < -0.4 is 0 Å². The second kappa shape index (κ2) is 11.8. The van der Waals surface area contributed by atoms with Crippen LogP contribution in [0.4, 0.5) is 11.4 Å². The number of halogens is 1. The van der Waals surface area contributed by atoms with E-state index in [1.54, 1.807) is 0 Å². The number of rotatable bonds is 7. The Bertz CT molecular complexity index is 1430. The molecule has 0 saturated heterocycles. The Morgan fingerprint density at radius 3 is 1.95 bits per heavy atom. The first-order chi connectivity index (χ1) is 16.9. The van der Waals surface area contributed by atoms with Crippen molar-refractivity contribution in [2.75, 3.05) is 0 Å². The van der Waals surface area contributed by atoms with E-state index in [4.69, 9.17) is 11.6 Å². The van der Waals surface area contributed by atoms with Gasteiger partial charge in [-0.25, -0.2) is 0 Å². The molecule has 0 radical (unpaired) electrons. The molecule has 0 aromatic heterocycles. The first kappa shape index (κ1) is 32.5. The third-order valence-electron chi connectivity index (χ3n) is 6.49. The normalized spacial score (nSPS) is 13.0. The summed E-state index contributed by atoms with van der Waals surface area (Å²) in [5.41, 5.74) is 2.28. The van der Waals surface area contributed by atoms with Crippen molar-refractivity contribution >= 4 is 62.7 Å². The third kappa shape index (κ3) is 7.68. The van der Waals surface area contributed by atoms with E-state index in [9.17, 15) is 18.1 Å². The molecular formula is C29H36ClN2NaO4S. The molecule has 0 heterocycles. The Morgan fingerprint density at radius 2 is 1.39 bits per heavy atom.